The molecule has 1 aromatic heterocycles. The van der Waals surface area contributed by atoms with Crippen molar-refractivity contribution in [3.8, 4) is 0 Å². The lowest BCUT2D eigenvalue weighted by Crippen LogP contribution is -2.45. The molecule has 1 aliphatic heterocycles. The van der Waals surface area contributed by atoms with Crippen LogP contribution in [0.25, 0.3) is 10.4 Å². The zero-order chi connectivity index (χ0) is 23.4. The van der Waals surface area contributed by atoms with Crippen molar-refractivity contribution in [1.29, 1.82) is 0 Å². The van der Waals surface area contributed by atoms with E-state index in [2.05, 4.69) is 68.9 Å². The molecule has 0 radical (unpaired) electrons. The number of hydrogen-bond acceptors (Lipinski definition) is 4. The summed E-state index contributed by atoms with van der Waals surface area (Å²) in [6.45, 7) is 20.4. The monoisotopic (exact) mass is 446 g/mol. The van der Waals surface area contributed by atoms with Crippen LogP contribution in [0.4, 0.5) is 11.5 Å². The van der Waals surface area contributed by atoms with Crippen molar-refractivity contribution in [3.63, 3.8) is 0 Å². The Hall–Kier alpha value is -2.95. The van der Waals surface area contributed by atoms with Crippen LogP contribution >= 0.6 is 0 Å². The molecule has 174 valence electrons. The molecule has 0 unspecified atom stereocenters. The fourth-order valence-corrected chi connectivity index (χ4v) is 4.57. The third-order valence-corrected chi connectivity index (χ3v) is 6.87. The van der Waals surface area contributed by atoms with E-state index in [0.717, 1.165) is 69.8 Å². The maximum absolute atomic E-state index is 12.8. The highest BCUT2D eigenvalue weighted by atomic mass is 16.2. The number of anilines is 1. The second-order valence-electron chi connectivity index (χ2n) is 9.87. The predicted molar refractivity (Wildman–Crippen MR) is 132 cm³/mol. The van der Waals surface area contributed by atoms with Crippen LogP contribution in [0.5, 0.6) is 0 Å². The highest BCUT2D eigenvalue weighted by Gasteiger charge is 2.24. The Morgan fingerprint density at radius 3 is 2.64 bits per heavy atom. The molecule has 0 bridgehead atoms. The molecule has 1 aromatic carbocycles. The molecule has 1 amide bonds. The molecule has 2 N–H and O–H groups in total. The molecular formula is C26H34N6O. The van der Waals surface area contributed by atoms with Crippen molar-refractivity contribution in [1.82, 2.24) is 19.8 Å². The van der Waals surface area contributed by atoms with Gasteiger partial charge in [0.15, 0.2) is 0 Å². The Balaban J connectivity index is 1.57. The van der Waals surface area contributed by atoms with Gasteiger partial charge in [0, 0.05) is 44.0 Å². The van der Waals surface area contributed by atoms with Crippen LogP contribution in [0.3, 0.4) is 0 Å². The molecule has 2 aromatic rings. The summed E-state index contributed by atoms with van der Waals surface area (Å²) < 4.78 is 0. The summed E-state index contributed by atoms with van der Waals surface area (Å²) in [7, 11) is 0. The highest BCUT2D eigenvalue weighted by Crippen LogP contribution is 2.40. The number of nitrogens with zero attached hydrogens (tertiary/aromatic N) is 4. The topological polar surface area (TPSA) is 68.6 Å². The quantitative estimate of drug-likeness (QED) is 0.617. The summed E-state index contributed by atoms with van der Waals surface area (Å²) in [5.41, 5.74) is 4.77. The SMILES string of the molecule is [C-]#[N+]c1cnc(C(=O)Nc2ccc(CN3CCN(CC)CC3)cc2C2=CCC(C)(C)CC2)[nH]1. The van der Waals surface area contributed by atoms with E-state index in [1.54, 1.807) is 0 Å². The molecule has 1 saturated heterocycles. The van der Waals surface area contributed by atoms with E-state index < -0.39 is 0 Å². The van der Waals surface area contributed by atoms with Crippen molar-refractivity contribution in [2.24, 2.45) is 5.41 Å². The second-order valence-corrected chi connectivity index (χ2v) is 9.87. The summed E-state index contributed by atoms with van der Waals surface area (Å²) in [6, 6.07) is 6.38. The summed E-state index contributed by atoms with van der Waals surface area (Å²) in [4.78, 5) is 27.9. The molecule has 7 nitrogen and oxygen atoms in total. The first kappa shape index (κ1) is 23.2. The lowest BCUT2D eigenvalue weighted by Gasteiger charge is -2.34. The Kier molecular flexibility index (Phi) is 6.96. The number of hydrogen-bond donors (Lipinski definition) is 2. The Morgan fingerprint density at radius 2 is 2.00 bits per heavy atom. The van der Waals surface area contributed by atoms with E-state index in [0.29, 0.717) is 5.41 Å². The third-order valence-electron chi connectivity index (χ3n) is 6.87. The molecule has 1 aliphatic carbocycles. The first-order valence-electron chi connectivity index (χ1n) is 11.9. The molecular weight excluding hydrogens is 412 g/mol. The van der Waals surface area contributed by atoms with Crippen LogP contribution in [0.2, 0.25) is 0 Å². The average molecular weight is 447 g/mol. The molecule has 7 heteroatoms. The fourth-order valence-electron chi connectivity index (χ4n) is 4.57. The number of carbonyl (C=O) groups is 1. The zero-order valence-corrected chi connectivity index (χ0v) is 19.9. The van der Waals surface area contributed by atoms with Crippen LogP contribution in [-0.2, 0) is 6.54 Å². The van der Waals surface area contributed by atoms with Gasteiger partial charge in [-0.15, -0.1) is 0 Å². The summed E-state index contributed by atoms with van der Waals surface area (Å²) in [5, 5.41) is 3.03. The van der Waals surface area contributed by atoms with Crippen LogP contribution in [-0.4, -0.2) is 58.4 Å². The van der Waals surface area contributed by atoms with Gasteiger partial charge >= 0.3 is 5.91 Å². The van der Waals surface area contributed by atoms with Crippen molar-refractivity contribution in [3.05, 3.63) is 58.8 Å². The molecule has 0 atom stereocenters. The van der Waals surface area contributed by atoms with E-state index in [-0.39, 0.29) is 17.5 Å². The maximum atomic E-state index is 12.8. The average Bonchev–Trinajstić information content (AvgIpc) is 3.30. The van der Waals surface area contributed by atoms with Crippen molar-refractivity contribution >= 4 is 23.0 Å². The molecule has 33 heavy (non-hydrogen) atoms. The van der Waals surface area contributed by atoms with Gasteiger partial charge in [0.2, 0.25) is 5.82 Å². The first-order chi connectivity index (χ1) is 15.9. The van der Waals surface area contributed by atoms with E-state index >= 15 is 0 Å². The van der Waals surface area contributed by atoms with Gasteiger partial charge in [0.25, 0.3) is 5.82 Å². The van der Waals surface area contributed by atoms with E-state index in [9.17, 15) is 4.79 Å². The van der Waals surface area contributed by atoms with Gasteiger partial charge in [0.1, 0.15) is 0 Å². The lowest BCUT2D eigenvalue weighted by atomic mass is 9.76. The minimum Gasteiger partial charge on any atom is -0.363 e. The fraction of sp³-hybridized carbons (Fsp3) is 0.500. The van der Waals surface area contributed by atoms with E-state index in [1.165, 1.54) is 17.3 Å². The summed E-state index contributed by atoms with van der Waals surface area (Å²) >= 11 is 0. The molecule has 0 saturated carbocycles. The largest absolute Gasteiger partial charge is 0.363 e. The van der Waals surface area contributed by atoms with Crippen LogP contribution < -0.4 is 5.32 Å². The van der Waals surface area contributed by atoms with E-state index in [1.807, 2.05) is 6.07 Å². The lowest BCUT2D eigenvalue weighted by molar-refractivity contribution is 0.101. The van der Waals surface area contributed by atoms with Gasteiger partial charge in [-0.1, -0.05) is 39.5 Å². The third kappa shape index (κ3) is 5.70. The maximum Gasteiger partial charge on any atom is 0.314 e. The molecule has 2 heterocycles. The van der Waals surface area contributed by atoms with Crippen LogP contribution in [0, 0.1) is 12.0 Å². The smallest absolute Gasteiger partial charge is 0.314 e. The molecule has 2 aliphatic rings. The van der Waals surface area contributed by atoms with Crippen molar-refractivity contribution in [2.45, 2.75) is 46.6 Å². The molecule has 4 rings (SSSR count). The van der Waals surface area contributed by atoms with Crippen LogP contribution in [0.1, 0.15) is 61.8 Å². The number of aromatic nitrogens is 2. The summed E-state index contributed by atoms with van der Waals surface area (Å²) in [5.74, 6) is 0.0889. The number of nitrogens with one attached hydrogen (secondary N) is 2. The Labute approximate surface area is 196 Å². The number of H-pyrrole nitrogens is 1. The highest BCUT2D eigenvalue weighted by molar-refractivity contribution is 6.03. The van der Waals surface area contributed by atoms with Gasteiger partial charge < -0.3 is 15.1 Å². The molecule has 1 fully saturated rings. The molecule has 0 spiro atoms. The number of aromatic amines is 1. The van der Waals surface area contributed by atoms with Crippen molar-refractivity contribution < 1.29 is 4.79 Å². The van der Waals surface area contributed by atoms with Crippen LogP contribution in [0.15, 0.2) is 30.5 Å². The van der Waals surface area contributed by atoms with Gasteiger partial charge in [-0.2, -0.15) is 0 Å². The second kappa shape index (κ2) is 9.90. The minimum absolute atomic E-state index is 0.156. The number of piperazine rings is 1. The zero-order valence-electron chi connectivity index (χ0n) is 19.9. The number of benzene rings is 1. The van der Waals surface area contributed by atoms with Gasteiger partial charge in [-0.05, 0) is 54.5 Å². The minimum atomic E-state index is -0.327. The Bertz CT molecular complexity index is 1070. The number of rotatable bonds is 6. The Morgan fingerprint density at radius 1 is 1.24 bits per heavy atom. The number of allylic oxidation sites excluding steroid dienone is 2. The first-order valence-corrected chi connectivity index (χ1v) is 11.9. The van der Waals surface area contributed by atoms with Gasteiger partial charge in [0.05, 0.1) is 6.20 Å². The standard InChI is InChI=1S/C26H34N6O/c1-5-31-12-14-32(15-13-31)18-19-6-7-22(29-25(33)24-28-17-23(27-4)30-24)21(16-19)20-8-10-26(2,3)11-9-20/h6-8,16-17H,5,9-15,18H2,1-3H3,(H,28,30)(H,29,33). The van der Waals surface area contributed by atoms with E-state index in [4.69, 9.17) is 6.57 Å². The number of amides is 1. The number of likely N-dealkylation sites (N-methyl/N-ethyl adjacent to an activating group) is 1. The summed E-state index contributed by atoms with van der Waals surface area (Å²) in [6.07, 6.45) is 6.88. The van der Waals surface area contributed by atoms with Crippen molar-refractivity contribution in [2.75, 3.05) is 38.0 Å². The normalized spacial score (nSPS) is 19.0. The van der Waals surface area contributed by atoms with Gasteiger partial charge in [-0.25, -0.2) is 4.98 Å². The predicted octanol–water partition coefficient (Wildman–Crippen LogP) is 4.94. The number of carbonyl (C=O) groups excluding carboxylic acids is 1. The number of imidazole rings is 1. The van der Waals surface area contributed by atoms with Gasteiger partial charge in [-0.3, -0.25) is 14.7 Å².